The summed E-state index contributed by atoms with van der Waals surface area (Å²) in [4.78, 5) is 17.7. The smallest absolute Gasteiger partial charge is 0.287 e. The maximum Gasteiger partial charge on any atom is 0.287 e. The first-order chi connectivity index (χ1) is 10.0. The van der Waals surface area contributed by atoms with Crippen molar-refractivity contribution in [3.63, 3.8) is 0 Å². The summed E-state index contributed by atoms with van der Waals surface area (Å²) in [5.41, 5.74) is 0.290. The fraction of sp³-hybridized carbons (Fsp3) is 0.500. The third-order valence-electron chi connectivity index (χ3n) is 2.90. The van der Waals surface area contributed by atoms with Crippen LogP contribution in [0.15, 0.2) is 17.2 Å². The zero-order valence-corrected chi connectivity index (χ0v) is 14.0. The Labute approximate surface area is 133 Å². The summed E-state index contributed by atoms with van der Waals surface area (Å²) in [5, 5.41) is 8.43. The van der Waals surface area contributed by atoms with Crippen molar-refractivity contribution in [1.82, 2.24) is 14.8 Å². The van der Waals surface area contributed by atoms with Gasteiger partial charge in [-0.05, 0) is 12.3 Å². The molecule has 2 rings (SSSR count). The second-order valence-corrected chi connectivity index (χ2v) is 6.76. The third kappa shape index (κ3) is 4.04. The number of thiazole rings is 1. The van der Waals surface area contributed by atoms with E-state index in [4.69, 9.17) is 11.6 Å². The zero-order chi connectivity index (χ0) is 15.4. The van der Waals surface area contributed by atoms with Gasteiger partial charge in [0.15, 0.2) is 0 Å². The molecule has 0 unspecified atom stereocenters. The quantitative estimate of drug-likeness (QED) is 0.885. The molecule has 0 aliphatic rings. The van der Waals surface area contributed by atoms with Crippen LogP contribution in [-0.4, -0.2) is 14.8 Å². The van der Waals surface area contributed by atoms with Gasteiger partial charge < -0.3 is 5.32 Å². The van der Waals surface area contributed by atoms with E-state index in [9.17, 15) is 4.79 Å². The van der Waals surface area contributed by atoms with Crippen molar-refractivity contribution in [3.05, 3.63) is 37.7 Å². The molecular weight excluding hydrogens is 308 g/mol. The maximum absolute atomic E-state index is 12.1. The Balaban J connectivity index is 2.10. The van der Waals surface area contributed by atoms with Gasteiger partial charge in [0.2, 0.25) is 0 Å². The molecule has 0 atom stereocenters. The first kappa shape index (κ1) is 16.0. The van der Waals surface area contributed by atoms with E-state index in [-0.39, 0.29) is 10.6 Å². The van der Waals surface area contributed by atoms with Crippen LogP contribution in [0.25, 0.3) is 0 Å². The Hall–Kier alpha value is -1.40. The molecule has 0 spiro atoms. The van der Waals surface area contributed by atoms with Crippen LogP contribution in [0.4, 0.5) is 5.69 Å². The summed E-state index contributed by atoms with van der Waals surface area (Å²) in [7, 11) is 0. The summed E-state index contributed by atoms with van der Waals surface area (Å²) >= 11 is 7.78. The lowest BCUT2D eigenvalue weighted by atomic mass is 10.2. The fourth-order valence-corrected chi connectivity index (χ4v) is 2.84. The second kappa shape index (κ2) is 7.04. The Morgan fingerprint density at radius 1 is 1.43 bits per heavy atom. The lowest BCUT2D eigenvalue weighted by Gasteiger charge is -2.10. The predicted octanol–water partition coefficient (Wildman–Crippen LogP) is 3.18. The van der Waals surface area contributed by atoms with Crippen molar-refractivity contribution in [2.75, 3.05) is 5.32 Å². The SMILES string of the molecule is CCc1cnc(CNc2cnn(CC(C)C)c(=O)c2Cl)s1. The molecule has 5 nitrogen and oxygen atoms in total. The average molecular weight is 327 g/mol. The van der Waals surface area contributed by atoms with E-state index < -0.39 is 0 Å². The fourth-order valence-electron chi connectivity index (χ4n) is 1.83. The zero-order valence-electron chi connectivity index (χ0n) is 12.4. The molecule has 7 heteroatoms. The molecule has 21 heavy (non-hydrogen) atoms. The number of halogens is 1. The first-order valence-electron chi connectivity index (χ1n) is 6.94. The van der Waals surface area contributed by atoms with Gasteiger partial charge >= 0.3 is 0 Å². The van der Waals surface area contributed by atoms with Crippen LogP contribution in [0.1, 0.15) is 30.7 Å². The predicted molar refractivity (Wildman–Crippen MR) is 87.2 cm³/mol. The number of nitrogens with zero attached hydrogens (tertiary/aromatic N) is 3. The van der Waals surface area contributed by atoms with Crippen LogP contribution in [0.3, 0.4) is 0 Å². The maximum atomic E-state index is 12.1. The van der Waals surface area contributed by atoms with Gasteiger partial charge in [-0.1, -0.05) is 32.4 Å². The summed E-state index contributed by atoms with van der Waals surface area (Å²) in [6.07, 6.45) is 4.45. The number of aryl methyl sites for hydroxylation is 1. The number of nitrogens with one attached hydrogen (secondary N) is 1. The molecule has 0 aliphatic heterocycles. The molecule has 0 bridgehead atoms. The molecule has 0 saturated heterocycles. The highest BCUT2D eigenvalue weighted by atomic mass is 35.5. The van der Waals surface area contributed by atoms with Gasteiger partial charge in [0.05, 0.1) is 18.4 Å². The lowest BCUT2D eigenvalue weighted by Crippen LogP contribution is -2.26. The second-order valence-electron chi connectivity index (χ2n) is 5.18. The van der Waals surface area contributed by atoms with E-state index in [0.29, 0.717) is 24.7 Å². The molecule has 0 radical (unpaired) electrons. The Kier molecular flexibility index (Phi) is 5.36. The Bertz CT molecular complexity index is 665. The van der Waals surface area contributed by atoms with E-state index in [2.05, 4.69) is 22.3 Å². The Morgan fingerprint density at radius 3 is 2.81 bits per heavy atom. The van der Waals surface area contributed by atoms with Crippen LogP contribution in [0.2, 0.25) is 5.02 Å². The van der Waals surface area contributed by atoms with E-state index in [1.54, 1.807) is 17.5 Å². The van der Waals surface area contributed by atoms with Crippen molar-refractivity contribution in [2.24, 2.45) is 5.92 Å². The average Bonchev–Trinajstić information content (AvgIpc) is 2.91. The molecule has 2 aromatic heterocycles. The van der Waals surface area contributed by atoms with Crippen molar-refractivity contribution in [1.29, 1.82) is 0 Å². The summed E-state index contributed by atoms with van der Waals surface area (Å²) in [6.45, 7) is 7.26. The van der Waals surface area contributed by atoms with Gasteiger partial charge in [-0.2, -0.15) is 5.10 Å². The number of hydrogen-bond donors (Lipinski definition) is 1. The first-order valence-corrected chi connectivity index (χ1v) is 8.13. The normalized spacial score (nSPS) is 11.1. The lowest BCUT2D eigenvalue weighted by molar-refractivity contribution is 0.464. The molecular formula is C14H19ClN4OS. The van der Waals surface area contributed by atoms with Gasteiger partial charge in [0, 0.05) is 17.6 Å². The molecule has 0 saturated carbocycles. The van der Waals surface area contributed by atoms with E-state index in [1.165, 1.54) is 9.56 Å². The monoisotopic (exact) mass is 326 g/mol. The molecule has 2 heterocycles. The van der Waals surface area contributed by atoms with Gasteiger partial charge in [-0.15, -0.1) is 11.3 Å². The minimum absolute atomic E-state index is 0.179. The minimum Gasteiger partial charge on any atom is -0.376 e. The van der Waals surface area contributed by atoms with Crippen LogP contribution >= 0.6 is 22.9 Å². The van der Waals surface area contributed by atoms with Crippen LogP contribution in [0.5, 0.6) is 0 Å². The van der Waals surface area contributed by atoms with Crippen LogP contribution in [-0.2, 0) is 19.5 Å². The third-order valence-corrected chi connectivity index (χ3v) is 4.41. The molecule has 114 valence electrons. The highest BCUT2D eigenvalue weighted by Crippen LogP contribution is 2.19. The highest BCUT2D eigenvalue weighted by molar-refractivity contribution is 7.11. The minimum atomic E-state index is -0.260. The van der Waals surface area contributed by atoms with Crippen molar-refractivity contribution < 1.29 is 0 Å². The van der Waals surface area contributed by atoms with Gasteiger partial charge in [-0.25, -0.2) is 9.67 Å². The summed E-state index contributed by atoms with van der Waals surface area (Å²) < 4.78 is 1.40. The van der Waals surface area contributed by atoms with E-state index in [0.717, 1.165) is 11.4 Å². The molecule has 0 aliphatic carbocycles. The van der Waals surface area contributed by atoms with Gasteiger partial charge in [0.1, 0.15) is 10.0 Å². The molecule has 1 N–H and O–H groups in total. The number of rotatable bonds is 6. The highest BCUT2D eigenvalue weighted by Gasteiger charge is 2.10. The molecule has 0 aromatic carbocycles. The van der Waals surface area contributed by atoms with Crippen molar-refractivity contribution >= 4 is 28.6 Å². The number of hydrogen-bond acceptors (Lipinski definition) is 5. The number of aromatic nitrogens is 3. The van der Waals surface area contributed by atoms with Crippen molar-refractivity contribution in [2.45, 2.75) is 40.3 Å². The van der Waals surface area contributed by atoms with E-state index >= 15 is 0 Å². The largest absolute Gasteiger partial charge is 0.376 e. The molecule has 0 amide bonds. The topological polar surface area (TPSA) is 59.8 Å². The van der Waals surface area contributed by atoms with Crippen LogP contribution < -0.4 is 10.9 Å². The standard InChI is InChI=1S/C14H19ClN4OS/c1-4-10-5-17-12(21-10)7-16-11-6-18-19(8-9(2)3)14(20)13(11)15/h5-6,9,16H,4,7-8H2,1-3H3. The molecule has 2 aromatic rings. The van der Waals surface area contributed by atoms with Gasteiger partial charge in [0.25, 0.3) is 5.56 Å². The van der Waals surface area contributed by atoms with Crippen molar-refractivity contribution in [3.8, 4) is 0 Å². The Morgan fingerprint density at radius 2 is 2.19 bits per heavy atom. The molecule has 0 fully saturated rings. The van der Waals surface area contributed by atoms with E-state index in [1.807, 2.05) is 20.0 Å². The summed E-state index contributed by atoms with van der Waals surface area (Å²) in [5.74, 6) is 0.341. The number of anilines is 1. The van der Waals surface area contributed by atoms with Crippen LogP contribution in [0, 0.1) is 5.92 Å². The summed E-state index contributed by atoms with van der Waals surface area (Å²) in [6, 6.07) is 0. The van der Waals surface area contributed by atoms with Gasteiger partial charge in [-0.3, -0.25) is 4.79 Å².